The Morgan fingerprint density at radius 1 is 1.06 bits per heavy atom. The number of hydrogen-bond donors (Lipinski definition) is 1. The van der Waals surface area contributed by atoms with Gasteiger partial charge in [-0.25, -0.2) is 4.39 Å². The highest BCUT2D eigenvalue weighted by Crippen LogP contribution is 2.33. The molecule has 1 rings (SSSR count). The zero-order valence-electron chi connectivity index (χ0n) is 11.2. The standard InChI is InChI=1S/C15H24FN/c1-4-10-15(11-5-2,12-17-3)13-6-8-14(16)9-7-13/h6-9,17H,4-5,10-12H2,1-3H3. The van der Waals surface area contributed by atoms with Gasteiger partial charge < -0.3 is 5.32 Å². The number of benzene rings is 1. The molecule has 0 heterocycles. The van der Waals surface area contributed by atoms with Crippen molar-refractivity contribution in [3.8, 4) is 0 Å². The molecule has 0 aliphatic carbocycles. The largest absolute Gasteiger partial charge is 0.319 e. The van der Waals surface area contributed by atoms with Crippen LogP contribution in [0.1, 0.15) is 45.1 Å². The lowest BCUT2D eigenvalue weighted by Gasteiger charge is -2.34. The maximum absolute atomic E-state index is 13.0. The Morgan fingerprint density at radius 3 is 2.00 bits per heavy atom. The smallest absolute Gasteiger partial charge is 0.123 e. The van der Waals surface area contributed by atoms with Crippen molar-refractivity contribution in [2.75, 3.05) is 13.6 Å². The van der Waals surface area contributed by atoms with E-state index in [1.165, 1.54) is 5.56 Å². The second kappa shape index (κ2) is 6.75. The molecule has 2 heteroatoms. The Hall–Kier alpha value is -0.890. The van der Waals surface area contributed by atoms with Crippen LogP contribution in [0.4, 0.5) is 4.39 Å². The third-order valence-corrected chi connectivity index (χ3v) is 3.43. The molecule has 0 bridgehead atoms. The highest BCUT2D eigenvalue weighted by Gasteiger charge is 2.29. The van der Waals surface area contributed by atoms with Crippen molar-refractivity contribution < 1.29 is 4.39 Å². The highest BCUT2D eigenvalue weighted by atomic mass is 19.1. The summed E-state index contributed by atoms with van der Waals surface area (Å²) in [6, 6.07) is 7.03. The van der Waals surface area contributed by atoms with Crippen LogP contribution in [0.25, 0.3) is 0 Å². The van der Waals surface area contributed by atoms with Crippen molar-refractivity contribution >= 4 is 0 Å². The number of halogens is 1. The van der Waals surface area contributed by atoms with Gasteiger partial charge in [0.05, 0.1) is 0 Å². The lowest BCUT2D eigenvalue weighted by atomic mass is 9.73. The van der Waals surface area contributed by atoms with E-state index in [1.54, 1.807) is 12.1 Å². The van der Waals surface area contributed by atoms with Gasteiger partial charge >= 0.3 is 0 Å². The SMILES string of the molecule is CCCC(CCC)(CNC)c1ccc(F)cc1. The molecule has 0 spiro atoms. The summed E-state index contributed by atoms with van der Waals surface area (Å²) in [6.07, 6.45) is 4.60. The first-order valence-electron chi connectivity index (χ1n) is 6.59. The van der Waals surface area contributed by atoms with E-state index in [-0.39, 0.29) is 11.2 Å². The molecule has 1 aromatic carbocycles. The molecule has 96 valence electrons. The summed E-state index contributed by atoms with van der Waals surface area (Å²) < 4.78 is 13.0. The van der Waals surface area contributed by atoms with Gasteiger partial charge in [0, 0.05) is 12.0 Å². The lowest BCUT2D eigenvalue weighted by Crippen LogP contribution is -2.36. The average molecular weight is 237 g/mol. The van der Waals surface area contributed by atoms with Crippen LogP contribution in [0, 0.1) is 5.82 Å². The molecular weight excluding hydrogens is 213 g/mol. The van der Waals surface area contributed by atoms with Crippen LogP contribution in [0.15, 0.2) is 24.3 Å². The molecule has 17 heavy (non-hydrogen) atoms. The molecule has 0 unspecified atom stereocenters. The number of nitrogens with one attached hydrogen (secondary N) is 1. The van der Waals surface area contributed by atoms with Crippen LogP contribution >= 0.6 is 0 Å². The summed E-state index contributed by atoms with van der Waals surface area (Å²) in [5.74, 6) is -0.153. The summed E-state index contributed by atoms with van der Waals surface area (Å²) in [4.78, 5) is 0. The Kier molecular flexibility index (Phi) is 5.63. The van der Waals surface area contributed by atoms with E-state index in [0.717, 1.165) is 32.2 Å². The van der Waals surface area contributed by atoms with Gasteiger partial charge in [-0.05, 0) is 37.6 Å². The zero-order chi connectivity index (χ0) is 12.7. The van der Waals surface area contributed by atoms with Crippen molar-refractivity contribution in [2.45, 2.75) is 44.9 Å². The fourth-order valence-electron chi connectivity index (χ4n) is 2.79. The number of rotatable bonds is 7. The van der Waals surface area contributed by atoms with Crippen molar-refractivity contribution in [1.82, 2.24) is 5.32 Å². The van der Waals surface area contributed by atoms with Gasteiger partial charge in [-0.3, -0.25) is 0 Å². The Bertz CT molecular complexity index is 301. The average Bonchev–Trinajstić information content (AvgIpc) is 2.30. The van der Waals surface area contributed by atoms with E-state index in [4.69, 9.17) is 0 Å². The Morgan fingerprint density at radius 2 is 1.59 bits per heavy atom. The van der Waals surface area contributed by atoms with Gasteiger partial charge in [0.15, 0.2) is 0 Å². The topological polar surface area (TPSA) is 12.0 Å². The first-order chi connectivity index (χ1) is 8.18. The van der Waals surface area contributed by atoms with E-state index >= 15 is 0 Å². The third-order valence-electron chi connectivity index (χ3n) is 3.43. The monoisotopic (exact) mass is 237 g/mol. The van der Waals surface area contributed by atoms with Crippen LogP contribution in [0.3, 0.4) is 0 Å². The van der Waals surface area contributed by atoms with Gasteiger partial charge in [0.25, 0.3) is 0 Å². The van der Waals surface area contributed by atoms with Gasteiger partial charge in [0.2, 0.25) is 0 Å². The molecule has 0 amide bonds. The van der Waals surface area contributed by atoms with Crippen molar-refractivity contribution in [1.29, 1.82) is 0 Å². The van der Waals surface area contributed by atoms with E-state index in [0.29, 0.717) is 0 Å². The minimum absolute atomic E-state index is 0.153. The molecule has 1 nitrogen and oxygen atoms in total. The van der Waals surface area contributed by atoms with Gasteiger partial charge in [-0.1, -0.05) is 38.8 Å². The summed E-state index contributed by atoms with van der Waals surface area (Å²) in [6.45, 7) is 5.38. The summed E-state index contributed by atoms with van der Waals surface area (Å²) in [5.41, 5.74) is 1.42. The minimum Gasteiger partial charge on any atom is -0.319 e. The molecule has 0 saturated carbocycles. The molecule has 1 N–H and O–H groups in total. The molecule has 1 aromatic rings. The molecule has 0 atom stereocenters. The number of likely N-dealkylation sites (N-methyl/N-ethyl adjacent to an activating group) is 1. The maximum atomic E-state index is 13.0. The highest BCUT2D eigenvalue weighted by molar-refractivity contribution is 5.26. The summed E-state index contributed by atoms with van der Waals surface area (Å²) in [5, 5.41) is 3.30. The fraction of sp³-hybridized carbons (Fsp3) is 0.600. The molecular formula is C15H24FN. The molecule has 0 aliphatic heterocycles. The third kappa shape index (κ3) is 3.53. The molecule has 0 radical (unpaired) electrons. The Labute approximate surface area is 104 Å². The van der Waals surface area contributed by atoms with Gasteiger partial charge in [0.1, 0.15) is 5.82 Å². The first-order valence-corrected chi connectivity index (χ1v) is 6.59. The fourth-order valence-corrected chi connectivity index (χ4v) is 2.79. The van der Waals surface area contributed by atoms with Crippen LogP contribution in [0.2, 0.25) is 0 Å². The number of hydrogen-bond acceptors (Lipinski definition) is 1. The lowest BCUT2D eigenvalue weighted by molar-refractivity contribution is 0.344. The molecule has 0 fully saturated rings. The van der Waals surface area contributed by atoms with Gasteiger partial charge in [-0.2, -0.15) is 0 Å². The van der Waals surface area contributed by atoms with Crippen LogP contribution in [0.5, 0.6) is 0 Å². The van der Waals surface area contributed by atoms with E-state index in [2.05, 4.69) is 19.2 Å². The molecule has 0 aromatic heterocycles. The van der Waals surface area contributed by atoms with Crippen LogP contribution in [-0.4, -0.2) is 13.6 Å². The van der Waals surface area contributed by atoms with Crippen molar-refractivity contribution in [2.24, 2.45) is 0 Å². The Balaban J connectivity index is 3.04. The quantitative estimate of drug-likeness (QED) is 0.758. The van der Waals surface area contributed by atoms with Crippen molar-refractivity contribution in [3.05, 3.63) is 35.6 Å². The molecule has 0 saturated heterocycles. The maximum Gasteiger partial charge on any atom is 0.123 e. The summed E-state index contributed by atoms with van der Waals surface area (Å²) in [7, 11) is 1.99. The van der Waals surface area contributed by atoms with Gasteiger partial charge in [-0.15, -0.1) is 0 Å². The van der Waals surface area contributed by atoms with E-state index < -0.39 is 0 Å². The van der Waals surface area contributed by atoms with E-state index in [9.17, 15) is 4.39 Å². The molecule has 0 aliphatic rings. The second-order valence-electron chi connectivity index (χ2n) is 4.82. The predicted molar refractivity (Wildman–Crippen MR) is 71.8 cm³/mol. The van der Waals surface area contributed by atoms with E-state index in [1.807, 2.05) is 19.2 Å². The predicted octanol–water partition coefficient (Wildman–Crippen LogP) is 3.88. The summed E-state index contributed by atoms with van der Waals surface area (Å²) >= 11 is 0. The normalized spacial score (nSPS) is 11.8. The van der Waals surface area contributed by atoms with Crippen LogP contribution in [-0.2, 0) is 5.41 Å². The van der Waals surface area contributed by atoms with Crippen molar-refractivity contribution in [3.63, 3.8) is 0 Å². The second-order valence-corrected chi connectivity index (χ2v) is 4.82. The van der Waals surface area contributed by atoms with Crippen LogP contribution < -0.4 is 5.32 Å². The zero-order valence-corrected chi connectivity index (χ0v) is 11.2. The minimum atomic E-state index is -0.153. The first kappa shape index (κ1) is 14.2.